The lowest BCUT2D eigenvalue weighted by atomic mass is 10.1. The van der Waals surface area contributed by atoms with Crippen LogP contribution in [0.25, 0.3) is 22.2 Å². The first-order valence-corrected chi connectivity index (χ1v) is 13.1. The van der Waals surface area contributed by atoms with Crippen molar-refractivity contribution in [2.24, 2.45) is 0 Å². The highest BCUT2D eigenvalue weighted by molar-refractivity contribution is 5.95. The molecule has 12 nitrogen and oxygen atoms in total. The van der Waals surface area contributed by atoms with Crippen molar-refractivity contribution in [2.45, 2.75) is 59.7 Å². The van der Waals surface area contributed by atoms with E-state index in [-0.39, 0.29) is 52.4 Å². The molecule has 0 aliphatic heterocycles. The van der Waals surface area contributed by atoms with Gasteiger partial charge >= 0.3 is 19.2 Å². The van der Waals surface area contributed by atoms with E-state index in [1.165, 1.54) is 30.5 Å². The molecule has 0 radical (unpaired) electrons. The Morgan fingerprint density at radius 3 is 1.77 bits per heavy atom. The van der Waals surface area contributed by atoms with Crippen LogP contribution in [0.4, 0.5) is 23.2 Å². The van der Waals surface area contributed by atoms with Gasteiger partial charge < -0.3 is 33.3 Å². The number of aromatic nitrogens is 3. The molecule has 0 bridgehead atoms. The van der Waals surface area contributed by atoms with E-state index in [4.69, 9.17) is 18.5 Å². The fraction of sp³-hybridized carbons (Fsp3) is 0.321. The minimum Gasteiger partial charge on any atom is -0.481 e. The number of halogens is 4. The number of aryl methyl sites for hydroxylation is 3. The Bertz CT molecular complexity index is 1770. The fourth-order valence-corrected chi connectivity index (χ4v) is 4.07. The molecule has 2 N–H and O–H groups in total. The third-order valence-corrected chi connectivity index (χ3v) is 6.02. The van der Waals surface area contributed by atoms with Gasteiger partial charge in [-0.3, -0.25) is 9.59 Å². The highest BCUT2D eigenvalue weighted by Crippen LogP contribution is 2.32. The van der Waals surface area contributed by atoms with E-state index in [1.807, 2.05) is 6.92 Å². The van der Waals surface area contributed by atoms with Crippen LogP contribution >= 0.6 is 0 Å². The van der Waals surface area contributed by atoms with E-state index in [2.05, 4.69) is 29.9 Å². The van der Waals surface area contributed by atoms with Crippen LogP contribution in [0, 0.1) is 6.92 Å². The molecule has 0 fully saturated rings. The lowest BCUT2D eigenvalue weighted by molar-refractivity contribution is -0.136. The Hall–Kier alpha value is -5.15. The van der Waals surface area contributed by atoms with Gasteiger partial charge in [0.2, 0.25) is 5.91 Å². The number of amides is 1. The van der Waals surface area contributed by atoms with Crippen LogP contribution in [0.15, 0.2) is 43.9 Å². The van der Waals surface area contributed by atoms with E-state index in [1.54, 1.807) is 13.8 Å². The quantitative estimate of drug-likeness (QED) is 0.164. The molecule has 1 amide bonds. The zero-order valence-electron chi connectivity index (χ0n) is 23.5. The molecule has 0 aliphatic carbocycles. The van der Waals surface area contributed by atoms with Gasteiger partial charge in [0.05, 0.1) is 12.8 Å². The van der Waals surface area contributed by atoms with Gasteiger partial charge in [-0.2, -0.15) is 17.6 Å². The summed E-state index contributed by atoms with van der Waals surface area (Å²) in [7, 11) is 0. The van der Waals surface area contributed by atoms with Gasteiger partial charge in [0.15, 0.2) is 45.5 Å². The van der Waals surface area contributed by atoms with Crippen molar-refractivity contribution in [1.82, 2.24) is 15.1 Å². The first-order chi connectivity index (χ1) is 21.0. The third kappa shape index (κ3) is 7.62. The Labute approximate surface area is 245 Å². The molecule has 0 atom stereocenters. The maximum atomic E-state index is 12.5. The van der Waals surface area contributed by atoms with Crippen molar-refractivity contribution < 1.29 is 55.1 Å². The summed E-state index contributed by atoms with van der Waals surface area (Å²) in [6.45, 7) is -0.655. The fourth-order valence-electron chi connectivity index (χ4n) is 4.07. The summed E-state index contributed by atoms with van der Waals surface area (Å²) in [6, 6.07) is 5.52. The molecule has 3 heterocycles. The standard InChI is InChI=1S/C16H15F2N3O4.C12H11F2NO4/c1-3-13-20-14-11(24-16(17)18)5-4-9(15(14)25-13)6-12(22)19-10-7-23-21-8(10)2;1-2-8-15-10-7(18-12(13)14)4-3-6(5-9(16)17)11(10)19-8/h4-5,7,16H,3,6H2,1-2H3,(H,19,22);3-4,12H,2,5H2,1H3,(H,16,17). The van der Waals surface area contributed by atoms with Crippen molar-refractivity contribution in [2.75, 3.05) is 5.32 Å². The van der Waals surface area contributed by atoms with Gasteiger partial charge in [0, 0.05) is 24.0 Å². The smallest absolute Gasteiger partial charge is 0.387 e. The van der Waals surface area contributed by atoms with Gasteiger partial charge in [0.25, 0.3) is 0 Å². The van der Waals surface area contributed by atoms with Crippen molar-refractivity contribution in [1.29, 1.82) is 0 Å². The van der Waals surface area contributed by atoms with Crippen LogP contribution in [-0.2, 0) is 35.3 Å². The van der Waals surface area contributed by atoms with E-state index >= 15 is 0 Å². The number of alkyl halides is 4. The number of rotatable bonds is 11. The summed E-state index contributed by atoms with van der Waals surface area (Å²) in [5.74, 6) is -0.873. The second kappa shape index (κ2) is 13.9. The molecular formula is C28H26F4N4O8. The predicted octanol–water partition coefficient (Wildman–Crippen LogP) is 6.09. The SMILES string of the molecule is CCc1nc2c(OC(F)F)ccc(CC(=O)Nc3conc3C)c2o1.CCc1nc2c(OC(F)F)ccc(CC(=O)O)c2o1. The normalized spacial score (nSPS) is 11.2. The van der Waals surface area contributed by atoms with Crippen molar-refractivity contribution in [3.05, 3.63) is 59.1 Å². The number of nitrogens with one attached hydrogen (secondary N) is 1. The number of hydrogen-bond donors (Lipinski definition) is 2. The monoisotopic (exact) mass is 622 g/mol. The molecule has 3 aromatic heterocycles. The van der Waals surface area contributed by atoms with E-state index in [9.17, 15) is 27.2 Å². The number of carboxylic acids is 1. The molecule has 0 unspecified atom stereocenters. The van der Waals surface area contributed by atoms with Gasteiger partial charge in [0.1, 0.15) is 17.6 Å². The van der Waals surface area contributed by atoms with Crippen LogP contribution in [0.2, 0.25) is 0 Å². The third-order valence-electron chi connectivity index (χ3n) is 6.02. The number of oxazole rings is 2. The van der Waals surface area contributed by atoms with E-state index in [0.717, 1.165) is 0 Å². The lowest BCUT2D eigenvalue weighted by Crippen LogP contribution is -2.15. The molecule has 0 saturated heterocycles. The van der Waals surface area contributed by atoms with Crippen LogP contribution in [0.3, 0.4) is 0 Å². The predicted molar refractivity (Wildman–Crippen MR) is 145 cm³/mol. The second-order valence-corrected chi connectivity index (χ2v) is 9.09. The van der Waals surface area contributed by atoms with Gasteiger partial charge in [-0.05, 0) is 19.1 Å². The number of hydrogen-bond acceptors (Lipinski definition) is 10. The first-order valence-electron chi connectivity index (χ1n) is 13.1. The molecule has 0 aliphatic rings. The molecule has 234 valence electrons. The summed E-state index contributed by atoms with van der Waals surface area (Å²) in [4.78, 5) is 31.2. The Morgan fingerprint density at radius 2 is 1.36 bits per heavy atom. The molecule has 2 aromatic carbocycles. The highest BCUT2D eigenvalue weighted by Gasteiger charge is 2.20. The lowest BCUT2D eigenvalue weighted by Gasteiger charge is -2.07. The van der Waals surface area contributed by atoms with Gasteiger partial charge in [-0.1, -0.05) is 31.1 Å². The minimum absolute atomic E-state index is 0.0333. The Morgan fingerprint density at radius 1 is 0.864 bits per heavy atom. The summed E-state index contributed by atoms with van der Waals surface area (Å²) in [5.41, 5.74) is 2.62. The van der Waals surface area contributed by atoms with Crippen LogP contribution in [-0.4, -0.2) is 45.3 Å². The molecule has 5 aromatic rings. The second-order valence-electron chi connectivity index (χ2n) is 9.09. The van der Waals surface area contributed by atoms with E-state index < -0.39 is 19.2 Å². The maximum Gasteiger partial charge on any atom is 0.387 e. The zero-order chi connectivity index (χ0) is 32.0. The number of fused-ring (bicyclic) bond motifs is 2. The molecule has 44 heavy (non-hydrogen) atoms. The van der Waals surface area contributed by atoms with Crippen LogP contribution in [0.1, 0.15) is 42.4 Å². The van der Waals surface area contributed by atoms with Gasteiger partial charge in [-0.15, -0.1) is 0 Å². The van der Waals surface area contributed by atoms with Crippen molar-refractivity contribution >= 4 is 39.8 Å². The number of ether oxygens (including phenoxy) is 2. The first kappa shape index (κ1) is 31.8. The number of nitrogens with zero attached hydrogens (tertiary/aromatic N) is 3. The molecule has 16 heteroatoms. The number of carboxylic acid groups (broad SMARTS) is 1. The number of anilines is 1. The summed E-state index contributed by atoms with van der Waals surface area (Å²) >= 11 is 0. The number of carbonyl (C=O) groups is 2. The molecule has 5 rings (SSSR count). The van der Waals surface area contributed by atoms with Crippen LogP contribution in [0.5, 0.6) is 11.5 Å². The van der Waals surface area contributed by atoms with E-state index in [0.29, 0.717) is 47.1 Å². The van der Waals surface area contributed by atoms with Crippen LogP contribution < -0.4 is 14.8 Å². The van der Waals surface area contributed by atoms with Crippen molar-refractivity contribution in [3.8, 4) is 11.5 Å². The summed E-state index contributed by atoms with van der Waals surface area (Å²) < 4.78 is 74.1. The largest absolute Gasteiger partial charge is 0.481 e. The summed E-state index contributed by atoms with van der Waals surface area (Å²) in [5, 5.41) is 15.1. The van der Waals surface area contributed by atoms with Gasteiger partial charge in [-0.25, -0.2) is 9.97 Å². The average molecular weight is 623 g/mol. The topological polar surface area (TPSA) is 163 Å². The average Bonchev–Trinajstić information content (AvgIpc) is 3.70. The number of carbonyl (C=O) groups excluding carboxylic acids is 1. The maximum absolute atomic E-state index is 12.5. The highest BCUT2D eigenvalue weighted by atomic mass is 19.3. The zero-order valence-corrected chi connectivity index (χ0v) is 23.5. The number of aliphatic carboxylic acids is 1. The molecule has 0 spiro atoms. The Kier molecular flexibility index (Phi) is 10.0. The number of benzene rings is 2. The molecule has 0 saturated carbocycles. The van der Waals surface area contributed by atoms with Crippen molar-refractivity contribution in [3.63, 3.8) is 0 Å². The minimum atomic E-state index is -2.98. The Balaban J connectivity index is 0.000000209. The summed E-state index contributed by atoms with van der Waals surface area (Å²) in [6.07, 6.45) is 1.97. The molecular weight excluding hydrogens is 596 g/mol.